The molecule has 1 rings (SSSR count). The Bertz CT molecular complexity index is 242. The summed E-state index contributed by atoms with van der Waals surface area (Å²) in [5, 5.41) is 0. The van der Waals surface area contributed by atoms with Crippen molar-refractivity contribution in [3.05, 3.63) is 17.7 Å². The average molecular weight is 172 g/mol. The summed E-state index contributed by atoms with van der Waals surface area (Å²) in [6, 6.07) is 0. The normalized spacial score (nSPS) is 9.80. The van der Waals surface area contributed by atoms with Crippen LogP contribution in [0.4, 0.5) is 0 Å². The third-order valence-corrected chi connectivity index (χ3v) is 1.62. The highest BCUT2D eigenvalue weighted by atomic mass is 32.1. The number of rotatable bonds is 2. The standard InChI is InChI=1S/C6H8N2S2/c1-2-5-7-3-4(8-5)6(9)10/h3H,2H2,1H3,(H,7,8)(H,9,10). The van der Waals surface area contributed by atoms with Crippen LogP contribution in [0.5, 0.6) is 0 Å². The number of aromatic amines is 1. The number of thiol groups is 1. The van der Waals surface area contributed by atoms with Gasteiger partial charge in [0.25, 0.3) is 0 Å². The highest BCUT2D eigenvalue weighted by Gasteiger charge is 1.99. The number of nitrogens with one attached hydrogen (secondary N) is 1. The molecule has 0 radical (unpaired) electrons. The van der Waals surface area contributed by atoms with Crippen molar-refractivity contribution >= 4 is 29.0 Å². The Balaban J connectivity index is 2.88. The van der Waals surface area contributed by atoms with Crippen LogP contribution in [0.2, 0.25) is 0 Å². The number of thiocarbonyl (C=S) groups is 1. The summed E-state index contributed by atoms with van der Waals surface area (Å²) >= 11 is 8.79. The molecule has 4 heteroatoms. The predicted octanol–water partition coefficient (Wildman–Crippen LogP) is 1.58. The molecular formula is C6H8N2S2. The second kappa shape index (κ2) is 3.16. The fourth-order valence-corrected chi connectivity index (χ4v) is 0.871. The van der Waals surface area contributed by atoms with Gasteiger partial charge in [0, 0.05) is 12.6 Å². The molecule has 0 bridgehead atoms. The Kier molecular flexibility index (Phi) is 2.45. The lowest BCUT2D eigenvalue weighted by Gasteiger charge is -1.84. The van der Waals surface area contributed by atoms with Gasteiger partial charge in [0.05, 0.1) is 4.20 Å². The fourth-order valence-electron chi connectivity index (χ4n) is 0.652. The van der Waals surface area contributed by atoms with Crippen LogP contribution < -0.4 is 0 Å². The van der Waals surface area contributed by atoms with Gasteiger partial charge in [-0.3, -0.25) is 0 Å². The maximum atomic E-state index is 4.80. The van der Waals surface area contributed by atoms with E-state index in [2.05, 4.69) is 22.6 Å². The first-order valence-electron chi connectivity index (χ1n) is 3.01. The summed E-state index contributed by atoms with van der Waals surface area (Å²) < 4.78 is 0.538. The third kappa shape index (κ3) is 1.58. The molecular weight excluding hydrogens is 164 g/mol. The van der Waals surface area contributed by atoms with Crippen molar-refractivity contribution in [1.29, 1.82) is 0 Å². The van der Waals surface area contributed by atoms with Crippen molar-refractivity contribution in [3.8, 4) is 0 Å². The maximum absolute atomic E-state index is 4.80. The SMILES string of the molecule is CCc1nc(C(=S)S)c[nH]1. The largest absolute Gasteiger partial charge is 0.348 e. The van der Waals surface area contributed by atoms with E-state index in [4.69, 9.17) is 12.2 Å². The Morgan fingerprint density at radius 2 is 2.60 bits per heavy atom. The van der Waals surface area contributed by atoms with Gasteiger partial charge < -0.3 is 4.98 Å². The molecule has 0 unspecified atom stereocenters. The molecule has 0 aliphatic rings. The lowest BCUT2D eigenvalue weighted by atomic mass is 10.5. The summed E-state index contributed by atoms with van der Waals surface area (Å²) in [7, 11) is 0. The summed E-state index contributed by atoms with van der Waals surface area (Å²) in [5.41, 5.74) is 0.759. The summed E-state index contributed by atoms with van der Waals surface area (Å²) in [5.74, 6) is 0.950. The Morgan fingerprint density at radius 3 is 2.90 bits per heavy atom. The lowest BCUT2D eigenvalue weighted by Crippen LogP contribution is -1.87. The lowest BCUT2D eigenvalue weighted by molar-refractivity contribution is 0.988. The van der Waals surface area contributed by atoms with Gasteiger partial charge in [-0.05, 0) is 0 Å². The van der Waals surface area contributed by atoms with E-state index in [1.807, 2.05) is 6.92 Å². The van der Waals surface area contributed by atoms with Gasteiger partial charge in [-0.15, -0.1) is 12.6 Å². The summed E-state index contributed by atoms with van der Waals surface area (Å²) in [6.07, 6.45) is 2.67. The first kappa shape index (κ1) is 7.75. The van der Waals surface area contributed by atoms with Gasteiger partial charge in [-0.2, -0.15) is 0 Å². The minimum atomic E-state index is 0.538. The van der Waals surface area contributed by atoms with Gasteiger partial charge in [0.1, 0.15) is 11.5 Å². The second-order valence-corrected chi connectivity index (χ2v) is 3.05. The zero-order chi connectivity index (χ0) is 7.56. The quantitative estimate of drug-likeness (QED) is 0.524. The molecule has 0 aliphatic carbocycles. The zero-order valence-electron chi connectivity index (χ0n) is 5.59. The van der Waals surface area contributed by atoms with Gasteiger partial charge in [0.2, 0.25) is 0 Å². The van der Waals surface area contributed by atoms with E-state index >= 15 is 0 Å². The maximum Gasteiger partial charge on any atom is 0.106 e. The van der Waals surface area contributed by atoms with E-state index in [-0.39, 0.29) is 0 Å². The molecule has 1 heterocycles. The molecule has 0 spiro atoms. The number of hydrogen-bond acceptors (Lipinski definition) is 2. The van der Waals surface area contributed by atoms with E-state index in [1.165, 1.54) is 0 Å². The first-order chi connectivity index (χ1) is 4.74. The molecule has 0 atom stereocenters. The average Bonchev–Trinajstić information content (AvgIpc) is 2.34. The molecule has 0 saturated carbocycles. The minimum absolute atomic E-state index is 0.538. The van der Waals surface area contributed by atoms with Crippen LogP contribution in [0.15, 0.2) is 6.20 Å². The number of aromatic nitrogens is 2. The molecule has 2 nitrogen and oxygen atoms in total. The van der Waals surface area contributed by atoms with Crippen molar-refractivity contribution < 1.29 is 0 Å². The molecule has 0 aromatic carbocycles. The molecule has 1 aromatic rings. The van der Waals surface area contributed by atoms with Gasteiger partial charge in [0.15, 0.2) is 0 Å². The van der Waals surface area contributed by atoms with Crippen LogP contribution in [0.1, 0.15) is 18.4 Å². The van der Waals surface area contributed by atoms with Crippen LogP contribution in [0.3, 0.4) is 0 Å². The number of nitrogens with zero attached hydrogens (tertiary/aromatic N) is 1. The van der Waals surface area contributed by atoms with E-state index < -0.39 is 0 Å². The number of H-pyrrole nitrogens is 1. The molecule has 0 amide bonds. The molecule has 0 fully saturated rings. The van der Waals surface area contributed by atoms with E-state index in [0.29, 0.717) is 4.20 Å². The Labute approximate surface area is 70.5 Å². The molecule has 1 aromatic heterocycles. The topological polar surface area (TPSA) is 28.7 Å². The van der Waals surface area contributed by atoms with Crippen LogP contribution in [-0.4, -0.2) is 14.2 Å². The van der Waals surface area contributed by atoms with E-state index in [0.717, 1.165) is 17.9 Å². The monoisotopic (exact) mass is 172 g/mol. The highest BCUT2D eigenvalue weighted by molar-refractivity contribution is 8.11. The molecule has 10 heavy (non-hydrogen) atoms. The minimum Gasteiger partial charge on any atom is -0.348 e. The van der Waals surface area contributed by atoms with Crippen molar-refractivity contribution in [1.82, 2.24) is 9.97 Å². The van der Waals surface area contributed by atoms with Crippen LogP contribution in [0.25, 0.3) is 0 Å². The van der Waals surface area contributed by atoms with E-state index in [1.54, 1.807) is 6.20 Å². The third-order valence-electron chi connectivity index (χ3n) is 1.18. The second-order valence-electron chi connectivity index (χ2n) is 1.89. The van der Waals surface area contributed by atoms with Crippen LogP contribution in [0, 0.1) is 0 Å². The first-order valence-corrected chi connectivity index (χ1v) is 3.87. The number of hydrogen-bond donors (Lipinski definition) is 2. The Hall–Kier alpha value is -0.350. The smallest absolute Gasteiger partial charge is 0.106 e. The van der Waals surface area contributed by atoms with Crippen molar-refractivity contribution in [2.45, 2.75) is 13.3 Å². The molecule has 1 N–H and O–H groups in total. The fraction of sp³-hybridized carbons (Fsp3) is 0.333. The molecule has 0 saturated heterocycles. The van der Waals surface area contributed by atoms with Crippen LogP contribution in [-0.2, 0) is 6.42 Å². The zero-order valence-corrected chi connectivity index (χ0v) is 7.30. The van der Waals surface area contributed by atoms with Gasteiger partial charge in [-0.1, -0.05) is 19.1 Å². The van der Waals surface area contributed by atoms with Crippen molar-refractivity contribution in [2.75, 3.05) is 0 Å². The van der Waals surface area contributed by atoms with Gasteiger partial charge >= 0.3 is 0 Å². The van der Waals surface area contributed by atoms with Crippen molar-refractivity contribution in [3.63, 3.8) is 0 Å². The van der Waals surface area contributed by atoms with Gasteiger partial charge in [-0.25, -0.2) is 4.98 Å². The molecule has 0 aliphatic heterocycles. The number of aryl methyl sites for hydroxylation is 1. The van der Waals surface area contributed by atoms with Crippen LogP contribution >= 0.6 is 24.8 Å². The summed E-state index contributed by atoms with van der Waals surface area (Å²) in [6.45, 7) is 2.03. The predicted molar refractivity (Wildman–Crippen MR) is 48.7 cm³/mol. The Morgan fingerprint density at radius 1 is 1.90 bits per heavy atom. The number of imidazole rings is 1. The molecule has 54 valence electrons. The summed E-state index contributed by atoms with van der Waals surface area (Å²) in [4.78, 5) is 7.14. The van der Waals surface area contributed by atoms with E-state index in [9.17, 15) is 0 Å². The van der Waals surface area contributed by atoms with Crippen molar-refractivity contribution in [2.24, 2.45) is 0 Å². The highest BCUT2D eigenvalue weighted by Crippen LogP contribution is 2.02.